The monoisotopic (exact) mass is 321 g/mol. The van der Waals surface area contributed by atoms with Crippen molar-refractivity contribution in [1.82, 2.24) is 10.3 Å². The lowest BCUT2D eigenvalue weighted by Gasteiger charge is -2.20. The van der Waals surface area contributed by atoms with E-state index in [-0.39, 0.29) is 11.8 Å². The zero-order valence-corrected chi connectivity index (χ0v) is 14.1. The molecule has 0 aliphatic rings. The second-order valence-corrected chi connectivity index (χ2v) is 5.06. The van der Waals surface area contributed by atoms with Crippen LogP contribution >= 0.6 is 0 Å². The maximum atomic E-state index is 11.9. The number of ether oxygens (including phenoxy) is 2. The van der Waals surface area contributed by atoms with Gasteiger partial charge in [0.1, 0.15) is 0 Å². The summed E-state index contributed by atoms with van der Waals surface area (Å²) in [4.78, 5) is 24.2. The topological polar surface area (TPSA) is 80.2 Å². The van der Waals surface area contributed by atoms with Crippen LogP contribution in [0.3, 0.4) is 0 Å². The van der Waals surface area contributed by atoms with Crippen LogP contribution in [0.25, 0.3) is 0 Å². The second-order valence-electron chi connectivity index (χ2n) is 5.06. The van der Waals surface area contributed by atoms with Gasteiger partial charge in [-0.15, -0.1) is 0 Å². The Hall–Kier alpha value is -2.57. The number of hydrogen-bond acceptors (Lipinski definition) is 5. The van der Waals surface area contributed by atoms with Crippen molar-refractivity contribution in [3.63, 3.8) is 0 Å². The van der Waals surface area contributed by atoms with Gasteiger partial charge >= 0.3 is 0 Å². The molecule has 0 aliphatic carbocycles. The van der Waals surface area contributed by atoms with Crippen molar-refractivity contribution in [3.05, 3.63) is 23.8 Å². The van der Waals surface area contributed by atoms with Gasteiger partial charge in [0, 0.05) is 21.0 Å². The first kappa shape index (κ1) is 18.5. The van der Waals surface area contributed by atoms with E-state index in [1.54, 1.807) is 39.2 Å². The highest BCUT2D eigenvalue weighted by atomic mass is 16.5. The van der Waals surface area contributed by atoms with Crippen LogP contribution in [0.15, 0.2) is 23.3 Å². The predicted octanol–water partition coefficient (Wildman–Crippen LogP) is 1.41. The molecule has 1 rings (SSSR count). The Balaban J connectivity index is 2.93. The van der Waals surface area contributed by atoms with Crippen LogP contribution in [0, 0.1) is 0 Å². The summed E-state index contributed by atoms with van der Waals surface area (Å²) in [5, 5.41) is 3.80. The fourth-order valence-electron chi connectivity index (χ4n) is 1.77. The van der Waals surface area contributed by atoms with Gasteiger partial charge in [0.2, 0.25) is 5.91 Å². The first-order chi connectivity index (χ1) is 10.8. The highest BCUT2D eigenvalue weighted by Crippen LogP contribution is 2.29. The van der Waals surface area contributed by atoms with Crippen molar-refractivity contribution in [2.24, 2.45) is 5.10 Å². The molecule has 7 heteroatoms. The van der Waals surface area contributed by atoms with E-state index in [1.165, 1.54) is 18.0 Å². The van der Waals surface area contributed by atoms with Gasteiger partial charge < -0.3 is 14.4 Å². The standard InChI is InChI=1S/C16H23N3O4/c1-6-22-15-9-13(10-17-18-12(3)20)7-8-14(15)23-11(2)16(21)19(4)5/h7-11H,6H2,1-5H3,(H,18,20)/b17-10-/t11-/m0/s1. The molecule has 0 saturated heterocycles. The van der Waals surface area contributed by atoms with Gasteiger partial charge in [0.15, 0.2) is 17.6 Å². The molecule has 1 N–H and O–H groups in total. The molecule has 1 atom stereocenters. The molecule has 0 aromatic heterocycles. The number of nitrogens with zero attached hydrogens (tertiary/aromatic N) is 2. The lowest BCUT2D eigenvalue weighted by Crippen LogP contribution is -2.35. The molecule has 0 radical (unpaired) electrons. The van der Waals surface area contributed by atoms with E-state index in [4.69, 9.17) is 9.47 Å². The quantitative estimate of drug-likeness (QED) is 0.608. The van der Waals surface area contributed by atoms with E-state index in [2.05, 4.69) is 10.5 Å². The van der Waals surface area contributed by atoms with E-state index >= 15 is 0 Å². The maximum absolute atomic E-state index is 11.9. The number of likely N-dealkylation sites (N-methyl/N-ethyl adjacent to an activating group) is 1. The van der Waals surface area contributed by atoms with E-state index in [0.29, 0.717) is 18.1 Å². The first-order valence-electron chi connectivity index (χ1n) is 7.29. The average Bonchev–Trinajstić information content (AvgIpc) is 2.48. The van der Waals surface area contributed by atoms with Crippen molar-refractivity contribution in [2.45, 2.75) is 26.9 Å². The van der Waals surface area contributed by atoms with Crippen molar-refractivity contribution in [3.8, 4) is 11.5 Å². The SMILES string of the molecule is CCOc1cc(/C=N\NC(C)=O)ccc1O[C@@H](C)C(=O)N(C)C. The third-order valence-electron chi connectivity index (χ3n) is 2.80. The predicted molar refractivity (Wildman–Crippen MR) is 87.8 cm³/mol. The van der Waals surface area contributed by atoms with E-state index in [9.17, 15) is 9.59 Å². The molecule has 1 aromatic carbocycles. The van der Waals surface area contributed by atoms with Crippen LogP contribution < -0.4 is 14.9 Å². The molecule has 0 bridgehead atoms. The fraction of sp³-hybridized carbons (Fsp3) is 0.438. The largest absolute Gasteiger partial charge is 0.490 e. The Kier molecular flexibility index (Phi) is 7.05. The third-order valence-corrected chi connectivity index (χ3v) is 2.80. The maximum Gasteiger partial charge on any atom is 0.262 e. The highest BCUT2D eigenvalue weighted by molar-refractivity contribution is 5.83. The van der Waals surface area contributed by atoms with Gasteiger partial charge in [-0.05, 0) is 37.6 Å². The fourth-order valence-corrected chi connectivity index (χ4v) is 1.77. The smallest absolute Gasteiger partial charge is 0.262 e. The van der Waals surface area contributed by atoms with Crippen molar-refractivity contribution >= 4 is 18.0 Å². The van der Waals surface area contributed by atoms with Gasteiger partial charge in [0.05, 0.1) is 12.8 Å². The first-order valence-corrected chi connectivity index (χ1v) is 7.29. The Morgan fingerprint density at radius 2 is 2.04 bits per heavy atom. The summed E-state index contributed by atoms with van der Waals surface area (Å²) in [6.07, 6.45) is 0.880. The average molecular weight is 321 g/mol. The van der Waals surface area contributed by atoms with E-state index in [1.807, 2.05) is 6.92 Å². The minimum absolute atomic E-state index is 0.135. The number of hydrazone groups is 1. The minimum atomic E-state index is -0.622. The highest BCUT2D eigenvalue weighted by Gasteiger charge is 2.18. The lowest BCUT2D eigenvalue weighted by molar-refractivity contribution is -0.135. The molecular formula is C16H23N3O4. The van der Waals surface area contributed by atoms with Gasteiger partial charge in [0.25, 0.3) is 5.91 Å². The van der Waals surface area contributed by atoms with Crippen molar-refractivity contribution in [1.29, 1.82) is 0 Å². The molecule has 0 spiro atoms. The molecule has 0 unspecified atom stereocenters. The summed E-state index contributed by atoms with van der Waals surface area (Å²) < 4.78 is 11.2. The molecule has 126 valence electrons. The van der Waals surface area contributed by atoms with E-state index in [0.717, 1.165) is 5.56 Å². The van der Waals surface area contributed by atoms with E-state index < -0.39 is 6.10 Å². The van der Waals surface area contributed by atoms with Gasteiger partial charge in [-0.25, -0.2) is 5.43 Å². The Labute approximate surface area is 136 Å². The molecule has 0 fully saturated rings. The number of carbonyl (C=O) groups excluding carboxylic acids is 2. The number of rotatable bonds is 7. The summed E-state index contributed by atoms with van der Waals surface area (Å²) in [6.45, 7) is 5.38. The van der Waals surface area contributed by atoms with Crippen LogP contribution in [0.2, 0.25) is 0 Å². The number of nitrogens with one attached hydrogen (secondary N) is 1. The van der Waals surface area contributed by atoms with Crippen LogP contribution in [-0.4, -0.2) is 49.7 Å². The summed E-state index contributed by atoms with van der Waals surface area (Å²) in [7, 11) is 3.35. The van der Waals surface area contributed by atoms with Gasteiger partial charge in [-0.3, -0.25) is 9.59 Å². The van der Waals surface area contributed by atoms with Gasteiger partial charge in [-0.1, -0.05) is 0 Å². The van der Waals surface area contributed by atoms with Gasteiger partial charge in [-0.2, -0.15) is 5.10 Å². The molecule has 0 saturated carbocycles. The Morgan fingerprint density at radius 1 is 1.35 bits per heavy atom. The van der Waals surface area contributed by atoms with Crippen molar-refractivity contribution < 1.29 is 19.1 Å². The molecule has 2 amide bonds. The lowest BCUT2D eigenvalue weighted by atomic mass is 10.2. The molecule has 1 aromatic rings. The summed E-state index contributed by atoms with van der Waals surface area (Å²) in [5.41, 5.74) is 3.07. The third kappa shape index (κ3) is 5.98. The molecule has 7 nitrogen and oxygen atoms in total. The Morgan fingerprint density at radius 3 is 2.61 bits per heavy atom. The van der Waals surface area contributed by atoms with Crippen LogP contribution in [-0.2, 0) is 9.59 Å². The normalized spacial score (nSPS) is 11.9. The summed E-state index contributed by atoms with van der Waals surface area (Å²) in [5.74, 6) is 0.606. The van der Waals surface area contributed by atoms with Crippen LogP contribution in [0.4, 0.5) is 0 Å². The number of amides is 2. The van der Waals surface area contributed by atoms with Crippen LogP contribution in [0.5, 0.6) is 11.5 Å². The Bertz CT molecular complexity index is 585. The summed E-state index contributed by atoms with van der Waals surface area (Å²) >= 11 is 0. The number of benzene rings is 1. The molecule has 0 aliphatic heterocycles. The van der Waals surface area contributed by atoms with Crippen molar-refractivity contribution in [2.75, 3.05) is 20.7 Å². The summed E-state index contributed by atoms with van der Waals surface area (Å²) in [6, 6.07) is 5.20. The second kappa shape index (κ2) is 8.77. The zero-order valence-electron chi connectivity index (χ0n) is 14.1. The van der Waals surface area contributed by atoms with Crippen LogP contribution in [0.1, 0.15) is 26.3 Å². The molecule has 0 heterocycles. The zero-order chi connectivity index (χ0) is 17.4. The number of hydrogen-bond donors (Lipinski definition) is 1. The minimum Gasteiger partial charge on any atom is -0.490 e. The number of carbonyl (C=O) groups is 2. The molecular weight excluding hydrogens is 298 g/mol. The molecule has 23 heavy (non-hydrogen) atoms.